The molecular formula is C24H26ClN3O3. The van der Waals surface area contributed by atoms with E-state index in [-0.39, 0.29) is 5.56 Å². The Balaban J connectivity index is 1.54. The molecule has 1 aromatic heterocycles. The van der Waals surface area contributed by atoms with Crippen molar-refractivity contribution in [3.8, 4) is 22.9 Å². The van der Waals surface area contributed by atoms with Crippen molar-refractivity contribution in [2.45, 2.75) is 33.4 Å². The zero-order valence-corrected chi connectivity index (χ0v) is 18.5. The highest BCUT2D eigenvalue weighted by Crippen LogP contribution is 2.28. The number of hydrogen-bond acceptors (Lipinski definition) is 5. The van der Waals surface area contributed by atoms with Gasteiger partial charge in [-0.1, -0.05) is 17.7 Å². The number of aromatic amines is 1. The SMILES string of the molecule is CCOc1ccc(CN2CCc3nc(-c4ccc(Cl)cc4)[nH]c(=O)c3C2)c(OCC)c1. The van der Waals surface area contributed by atoms with Gasteiger partial charge in [0.2, 0.25) is 0 Å². The molecule has 1 aliphatic rings. The van der Waals surface area contributed by atoms with E-state index in [0.29, 0.717) is 37.2 Å². The molecule has 0 bridgehead atoms. The molecule has 3 aromatic rings. The van der Waals surface area contributed by atoms with E-state index in [4.69, 9.17) is 26.1 Å². The highest BCUT2D eigenvalue weighted by Gasteiger charge is 2.22. The minimum atomic E-state index is -0.0867. The van der Waals surface area contributed by atoms with Crippen LogP contribution in [0.2, 0.25) is 5.02 Å². The maximum absolute atomic E-state index is 12.8. The van der Waals surface area contributed by atoms with E-state index in [1.807, 2.05) is 44.2 Å². The van der Waals surface area contributed by atoms with Gasteiger partial charge in [-0.25, -0.2) is 4.98 Å². The molecule has 0 atom stereocenters. The van der Waals surface area contributed by atoms with Gasteiger partial charge < -0.3 is 14.5 Å². The lowest BCUT2D eigenvalue weighted by Crippen LogP contribution is -2.35. The summed E-state index contributed by atoms with van der Waals surface area (Å²) < 4.78 is 11.4. The van der Waals surface area contributed by atoms with Crippen LogP contribution in [0.4, 0.5) is 0 Å². The standard InChI is InChI=1S/C24H26ClN3O3/c1-3-30-19-10-7-17(22(13-19)31-4-2)14-28-12-11-21-20(15-28)24(29)27-23(26-21)16-5-8-18(25)9-6-16/h5-10,13H,3-4,11-12,14-15H2,1-2H3,(H,26,27,29). The predicted molar refractivity (Wildman–Crippen MR) is 122 cm³/mol. The molecule has 0 spiro atoms. The van der Waals surface area contributed by atoms with Gasteiger partial charge in [-0.3, -0.25) is 9.69 Å². The average Bonchev–Trinajstić information content (AvgIpc) is 2.77. The molecule has 1 N–H and O–H groups in total. The van der Waals surface area contributed by atoms with Crippen molar-refractivity contribution in [3.05, 3.63) is 74.7 Å². The van der Waals surface area contributed by atoms with E-state index in [9.17, 15) is 4.79 Å². The Hall–Kier alpha value is -2.83. The highest BCUT2D eigenvalue weighted by molar-refractivity contribution is 6.30. The minimum Gasteiger partial charge on any atom is -0.494 e. The van der Waals surface area contributed by atoms with E-state index in [2.05, 4.69) is 9.88 Å². The van der Waals surface area contributed by atoms with Crippen molar-refractivity contribution < 1.29 is 9.47 Å². The third-order valence-electron chi connectivity index (χ3n) is 5.31. The van der Waals surface area contributed by atoms with Gasteiger partial charge in [0.25, 0.3) is 5.56 Å². The molecule has 0 unspecified atom stereocenters. The van der Waals surface area contributed by atoms with Gasteiger partial charge in [0.1, 0.15) is 17.3 Å². The van der Waals surface area contributed by atoms with Crippen LogP contribution in [0.25, 0.3) is 11.4 Å². The monoisotopic (exact) mass is 439 g/mol. The topological polar surface area (TPSA) is 67.5 Å². The van der Waals surface area contributed by atoms with Gasteiger partial charge >= 0.3 is 0 Å². The molecule has 0 fully saturated rings. The summed E-state index contributed by atoms with van der Waals surface area (Å²) in [6, 6.07) is 13.3. The summed E-state index contributed by atoms with van der Waals surface area (Å²) in [6.45, 7) is 7.20. The Morgan fingerprint density at radius 3 is 2.61 bits per heavy atom. The Morgan fingerprint density at radius 2 is 1.87 bits per heavy atom. The second-order valence-electron chi connectivity index (χ2n) is 7.44. The molecule has 2 aromatic carbocycles. The second kappa shape index (κ2) is 9.54. The molecule has 0 saturated carbocycles. The van der Waals surface area contributed by atoms with Crippen LogP contribution in [0.5, 0.6) is 11.5 Å². The highest BCUT2D eigenvalue weighted by atomic mass is 35.5. The van der Waals surface area contributed by atoms with Crippen LogP contribution in [0.1, 0.15) is 30.7 Å². The molecule has 0 radical (unpaired) electrons. The van der Waals surface area contributed by atoms with Gasteiger partial charge in [0, 0.05) is 48.3 Å². The summed E-state index contributed by atoms with van der Waals surface area (Å²) >= 11 is 5.97. The van der Waals surface area contributed by atoms with Crippen molar-refractivity contribution in [2.75, 3.05) is 19.8 Å². The van der Waals surface area contributed by atoms with Crippen molar-refractivity contribution in [1.29, 1.82) is 0 Å². The lowest BCUT2D eigenvalue weighted by molar-refractivity contribution is 0.235. The Kier molecular flexibility index (Phi) is 6.59. The van der Waals surface area contributed by atoms with Crippen LogP contribution in [0.15, 0.2) is 47.3 Å². The van der Waals surface area contributed by atoms with E-state index < -0.39 is 0 Å². The van der Waals surface area contributed by atoms with Gasteiger partial charge in [-0.05, 0) is 44.2 Å². The number of aromatic nitrogens is 2. The lowest BCUT2D eigenvalue weighted by atomic mass is 10.0. The Morgan fingerprint density at radius 1 is 1.10 bits per heavy atom. The number of nitrogens with one attached hydrogen (secondary N) is 1. The van der Waals surface area contributed by atoms with Crippen molar-refractivity contribution >= 4 is 11.6 Å². The first-order valence-corrected chi connectivity index (χ1v) is 10.9. The van der Waals surface area contributed by atoms with Crippen LogP contribution in [0.3, 0.4) is 0 Å². The summed E-state index contributed by atoms with van der Waals surface area (Å²) in [6.07, 6.45) is 0.723. The quantitative estimate of drug-likeness (QED) is 0.589. The number of benzene rings is 2. The summed E-state index contributed by atoms with van der Waals surface area (Å²) in [5, 5.41) is 0.653. The summed E-state index contributed by atoms with van der Waals surface area (Å²) in [7, 11) is 0. The van der Waals surface area contributed by atoms with Crippen LogP contribution < -0.4 is 15.0 Å². The van der Waals surface area contributed by atoms with Crippen LogP contribution in [-0.2, 0) is 19.5 Å². The molecule has 6 nitrogen and oxygen atoms in total. The van der Waals surface area contributed by atoms with Gasteiger partial charge in [-0.15, -0.1) is 0 Å². The molecule has 1 aliphatic heterocycles. The van der Waals surface area contributed by atoms with Gasteiger partial charge in [0.05, 0.1) is 24.5 Å². The van der Waals surface area contributed by atoms with E-state index in [1.165, 1.54) is 0 Å². The van der Waals surface area contributed by atoms with Gasteiger partial charge in [0.15, 0.2) is 0 Å². The zero-order valence-electron chi connectivity index (χ0n) is 17.8. The normalized spacial score (nSPS) is 13.6. The minimum absolute atomic E-state index is 0.0867. The molecule has 0 amide bonds. The average molecular weight is 440 g/mol. The number of rotatable bonds is 7. The van der Waals surface area contributed by atoms with Crippen LogP contribution in [0, 0.1) is 0 Å². The smallest absolute Gasteiger partial charge is 0.255 e. The molecule has 7 heteroatoms. The molecule has 31 heavy (non-hydrogen) atoms. The first-order chi connectivity index (χ1) is 15.1. The summed E-state index contributed by atoms with van der Waals surface area (Å²) in [5.41, 5.74) is 3.43. The number of ether oxygens (including phenoxy) is 2. The first kappa shape index (κ1) is 21.4. The van der Waals surface area contributed by atoms with E-state index in [1.54, 1.807) is 12.1 Å². The lowest BCUT2D eigenvalue weighted by Gasteiger charge is -2.28. The third-order valence-corrected chi connectivity index (χ3v) is 5.56. The van der Waals surface area contributed by atoms with Crippen molar-refractivity contribution in [3.63, 3.8) is 0 Å². The van der Waals surface area contributed by atoms with E-state index >= 15 is 0 Å². The van der Waals surface area contributed by atoms with Gasteiger partial charge in [-0.2, -0.15) is 0 Å². The number of H-pyrrole nitrogens is 1. The molecule has 162 valence electrons. The maximum atomic E-state index is 12.8. The zero-order chi connectivity index (χ0) is 21.8. The maximum Gasteiger partial charge on any atom is 0.255 e. The fraction of sp³-hybridized carbons (Fsp3) is 0.333. The van der Waals surface area contributed by atoms with Crippen molar-refractivity contribution in [1.82, 2.24) is 14.9 Å². The Labute approximate surface area is 186 Å². The predicted octanol–water partition coefficient (Wildman–Crippen LogP) is 4.45. The van der Waals surface area contributed by atoms with Crippen LogP contribution >= 0.6 is 11.6 Å². The fourth-order valence-corrected chi connectivity index (χ4v) is 3.94. The number of halogens is 1. The summed E-state index contributed by atoms with van der Waals surface area (Å²) in [4.78, 5) is 22.7. The van der Waals surface area contributed by atoms with Crippen molar-refractivity contribution in [2.24, 2.45) is 0 Å². The fourth-order valence-electron chi connectivity index (χ4n) is 3.81. The van der Waals surface area contributed by atoms with Crippen LogP contribution in [-0.4, -0.2) is 34.6 Å². The molecule has 0 aliphatic carbocycles. The number of hydrogen-bond donors (Lipinski definition) is 1. The molecule has 4 rings (SSSR count). The molecule has 2 heterocycles. The molecule has 0 saturated heterocycles. The second-order valence-corrected chi connectivity index (χ2v) is 7.88. The van der Waals surface area contributed by atoms with E-state index in [0.717, 1.165) is 46.8 Å². The summed E-state index contributed by atoms with van der Waals surface area (Å²) in [5.74, 6) is 2.21. The number of fused-ring (bicyclic) bond motifs is 1. The first-order valence-electron chi connectivity index (χ1n) is 10.6. The largest absolute Gasteiger partial charge is 0.494 e. The molecular weight excluding hydrogens is 414 g/mol. The third kappa shape index (κ3) is 4.92. The number of nitrogens with zero attached hydrogens (tertiary/aromatic N) is 2. The Bertz CT molecular complexity index is 1110.